The van der Waals surface area contributed by atoms with Gasteiger partial charge in [-0.2, -0.15) is 0 Å². The van der Waals surface area contributed by atoms with Gasteiger partial charge in [0.2, 0.25) is 5.91 Å². The van der Waals surface area contributed by atoms with E-state index in [1.165, 1.54) is 5.56 Å². The van der Waals surface area contributed by atoms with E-state index < -0.39 is 11.6 Å². The average molecular weight is 493 g/mol. The van der Waals surface area contributed by atoms with Crippen molar-refractivity contribution in [1.82, 2.24) is 10.2 Å². The topological polar surface area (TPSA) is 41.6 Å². The maximum Gasteiger partial charge on any atom is 0.228 e. The molecule has 0 aliphatic carbocycles. The number of ether oxygens (including phenoxy) is 1. The average Bonchev–Trinajstić information content (AvgIpc) is 3.29. The van der Waals surface area contributed by atoms with Gasteiger partial charge >= 0.3 is 0 Å². The van der Waals surface area contributed by atoms with Crippen LogP contribution in [0.5, 0.6) is 5.75 Å². The molecule has 1 heterocycles. The predicted molar refractivity (Wildman–Crippen MR) is 138 cm³/mol. The Labute approximate surface area is 212 Å². The first-order valence-electron chi connectivity index (χ1n) is 12.4. The van der Waals surface area contributed by atoms with Crippen molar-refractivity contribution in [3.05, 3.63) is 101 Å². The maximum atomic E-state index is 14.4. The van der Waals surface area contributed by atoms with E-state index in [1.807, 2.05) is 36.4 Å². The molecule has 1 aliphatic heterocycles. The van der Waals surface area contributed by atoms with Crippen LogP contribution in [-0.4, -0.2) is 24.1 Å². The maximum absolute atomic E-state index is 14.4. The zero-order chi connectivity index (χ0) is 25.9. The second kappa shape index (κ2) is 10.8. The molecule has 0 bridgehead atoms. The second-order valence-corrected chi connectivity index (χ2v) is 10.4. The SMILES string of the molecule is COc1ccc(C(C)(C)C)cc1CNC1CCC(c2ccccc2)N1C(=O)Cc1cc(F)ccc1F. The highest BCUT2D eigenvalue weighted by Gasteiger charge is 2.37. The first-order valence-corrected chi connectivity index (χ1v) is 12.4. The van der Waals surface area contributed by atoms with E-state index in [4.69, 9.17) is 4.74 Å². The van der Waals surface area contributed by atoms with Crippen LogP contribution in [0, 0.1) is 11.6 Å². The first-order chi connectivity index (χ1) is 17.2. The molecule has 36 heavy (non-hydrogen) atoms. The Morgan fingerprint density at radius 3 is 2.44 bits per heavy atom. The Morgan fingerprint density at radius 2 is 1.75 bits per heavy atom. The van der Waals surface area contributed by atoms with Crippen molar-refractivity contribution in [3.8, 4) is 5.75 Å². The Hall–Kier alpha value is -3.25. The number of nitrogens with zero attached hydrogens (tertiary/aromatic N) is 1. The van der Waals surface area contributed by atoms with E-state index in [-0.39, 0.29) is 35.5 Å². The van der Waals surface area contributed by atoms with Gasteiger partial charge < -0.3 is 9.64 Å². The number of amides is 1. The lowest BCUT2D eigenvalue weighted by molar-refractivity contribution is -0.134. The number of benzene rings is 3. The number of carbonyl (C=O) groups excluding carboxylic acids is 1. The molecule has 0 spiro atoms. The molecule has 6 heteroatoms. The molecule has 2 unspecified atom stereocenters. The Kier molecular flexibility index (Phi) is 7.74. The minimum atomic E-state index is -0.576. The van der Waals surface area contributed by atoms with Crippen LogP contribution in [0.1, 0.15) is 61.9 Å². The van der Waals surface area contributed by atoms with E-state index in [9.17, 15) is 13.6 Å². The van der Waals surface area contributed by atoms with E-state index in [0.29, 0.717) is 6.54 Å². The molecule has 0 saturated carbocycles. The summed E-state index contributed by atoms with van der Waals surface area (Å²) in [6.45, 7) is 7.01. The molecule has 1 N–H and O–H groups in total. The molecular weight excluding hydrogens is 458 g/mol. The number of methoxy groups -OCH3 is 1. The van der Waals surface area contributed by atoms with Crippen LogP contribution < -0.4 is 10.1 Å². The van der Waals surface area contributed by atoms with E-state index in [0.717, 1.165) is 47.9 Å². The van der Waals surface area contributed by atoms with E-state index in [1.54, 1.807) is 12.0 Å². The summed E-state index contributed by atoms with van der Waals surface area (Å²) in [5.41, 5.74) is 3.29. The van der Waals surface area contributed by atoms with Crippen molar-refractivity contribution >= 4 is 5.91 Å². The van der Waals surface area contributed by atoms with Gasteiger partial charge in [-0.15, -0.1) is 0 Å². The third-order valence-corrected chi connectivity index (χ3v) is 6.88. The smallest absolute Gasteiger partial charge is 0.228 e. The van der Waals surface area contributed by atoms with Gasteiger partial charge in [0, 0.05) is 17.7 Å². The third-order valence-electron chi connectivity index (χ3n) is 6.88. The monoisotopic (exact) mass is 492 g/mol. The molecule has 3 aromatic carbocycles. The summed E-state index contributed by atoms with van der Waals surface area (Å²) >= 11 is 0. The van der Waals surface area contributed by atoms with Crippen LogP contribution in [0.15, 0.2) is 66.7 Å². The summed E-state index contributed by atoms with van der Waals surface area (Å²) in [5, 5.41) is 3.55. The van der Waals surface area contributed by atoms with Crippen molar-refractivity contribution < 1.29 is 18.3 Å². The molecule has 4 nitrogen and oxygen atoms in total. The van der Waals surface area contributed by atoms with Crippen LogP contribution in [0.3, 0.4) is 0 Å². The van der Waals surface area contributed by atoms with Gasteiger partial charge in [0.15, 0.2) is 0 Å². The Bertz CT molecular complexity index is 1210. The highest BCUT2D eigenvalue weighted by Crippen LogP contribution is 2.36. The van der Waals surface area contributed by atoms with Gasteiger partial charge in [-0.25, -0.2) is 8.78 Å². The summed E-state index contributed by atoms with van der Waals surface area (Å²) in [4.78, 5) is 15.4. The zero-order valence-electron chi connectivity index (χ0n) is 21.4. The molecule has 190 valence electrons. The van der Waals surface area contributed by atoms with Crippen molar-refractivity contribution in [2.75, 3.05) is 7.11 Å². The molecule has 0 radical (unpaired) electrons. The number of carbonyl (C=O) groups is 1. The number of likely N-dealkylation sites (tertiary alicyclic amines) is 1. The number of rotatable bonds is 7. The van der Waals surface area contributed by atoms with Gasteiger partial charge in [0.05, 0.1) is 25.7 Å². The summed E-state index contributed by atoms with van der Waals surface area (Å²) in [7, 11) is 1.65. The highest BCUT2D eigenvalue weighted by atomic mass is 19.1. The summed E-state index contributed by atoms with van der Waals surface area (Å²) in [5.74, 6) is -0.583. The van der Waals surface area contributed by atoms with Gasteiger partial charge in [-0.3, -0.25) is 10.1 Å². The molecular formula is C30H34F2N2O2. The van der Waals surface area contributed by atoms with Gasteiger partial charge in [-0.1, -0.05) is 63.2 Å². The Morgan fingerprint density at radius 1 is 1.00 bits per heavy atom. The van der Waals surface area contributed by atoms with Crippen LogP contribution in [0.25, 0.3) is 0 Å². The minimum absolute atomic E-state index is 0.0101. The lowest BCUT2D eigenvalue weighted by Gasteiger charge is -2.32. The van der Waals surface area contributed by atoms with Gasteiger partial charge in [-0.05, 0) is 53.6 Å². The van der Waals surface area contributed by atoms with Crippen molar-refractivity contribution in [3.63, 3.8) is 0 Å². The fourth-order valence-corrected chi connectivity index (χ4v) is 4.91. The minimum Gasteiger partial charge on any atom is -0.496 e. The van der Waals surface area contributed by atoms with E-state index in [2.05, 4.69) is 38.2 Å². The molecule has 2 atom stereocenters. The zero-order valence-corrected chi connectivity index (χ0v) is 21.4. The van der Waals surface area contributed by atoms with Crippen molar-refractivity contribution in [2.45, 2.75) is 64.2 Å². The molecule has 1 amide bonds. The Balaban J connectivity index is 1.60. The summed E-state index contributed by atoms with van der Waals surface area (Å²) in [6, 6.07) is 19.2. The summed E-state index contributed by atoms with van der Waals surface area (Å²) in [6.07, 6.45) is 1.08. The third kappa shape index (κ3) is 5.76. The largest absolute Gasteiger partial charge is 0.496 e. The van der Waals surface area contributed by atoms with Gasteiger partial charge in [0.1, 0.15) is 17.4 Å². The molecule has 1 saturated heterocycles. The number of hydrogen-bond donors (Lipinski definition) is 1. The van der Waals surface area contributed by atoms with Gasteiger partial charge in [0.25, 0.3) is 0 Å². The van der Waals surface area contributed by atoms with Crippen molar-refractivity contribution in [2.24, 2.45) is 0 Å². The van der Waals surface area contributed by atoms with Crippen LogP contribution in [-0.2, 0) is 23.2 Å². The standard InChI is InChI=1S/C30H34F2N2O2/c1-30(2,3)23-10-14-27(36-4)22(16-23)19-33-28-15-13-26(20-8-6-5-7-9-20)34(28)29(35)18-21-17-24(31)11-12-25(21)32/h5-12,14,16-17,26,28,33H,13,15,18-19H2,1-4H3. The quantitative estimate of drug-likeness (QED) is 0.421. The predicted octanol–water partition coefficient (Wildman–Crippen LogP) is 6.29. The lowest BCUT2D eigenvalue weighted by Crippen LogP contribution is -2.46. The second-order valence-electron chi connectivity index (χ2n) is 10.4. The van der Waals surface area contributed by atoms with E-state index >= 15 is 0 Å². The lowest BCUT2D eigenvalue weighted by atomic mass is 9.86. The molecule has 1 aliphatic rings. The van der Waals surface area contributed by atoms with Crippen LogP contribution >= 0.6 is 0 Å². The number of halogens is 2. The van der Waals surface area contributed by atoms with Crippen LogP contribution in [0.4, 0.5) is 8.78 Å². The summed E-state index contributed by atoms with van der Waals surface area (Å²) < 4.78 is 33.7. The molecule has 0 aromatic heterocycles. The molecule has 3 aromatic rings. The van der Waals surface area contributed by atoms with Crippen molar-refractivity contribution in [1.29, 1.82) is 0 Å². The fourth-order valence-electron chi connectivity index (χ4n) is 4.91. The highest BCUT2D eigenvalue weighted by molar-refractivity contribution is 5.80. The number of hydrogen-bond acceptors (Lipinski definition) is 3. The number of nitrogens with one attached hydrogen (secondary N) is 1. The fraction of sp³-hybridized carbons (Fsp3) is 0.367. The normalized spacial score (nSPS) is 17.9. The van der Waals surface area contributed by atoms with Crippen LogP contribution in [0.2, 0.25) is 0 Å². The molecule has 4 rings (SSSR count). The molecule has 1 fully saturated rings. The first kappa shape index (κ1) is 25.8.